The molecule has 3 aromatic rings. The molecule has 3 nitrogen and oxygen atoms in total. The van der Waals surface area contributed by atoms with Crippen molar-refractivity contribution in [3.8, 4) is 5.75 Å². The fourth-order valence-electron chi connectivity index (χ4n) is 2.21. The van der Waals surface area contributed by atoms with E-state index in [1.54, 1.807) is 24.3 Å². The second-order valence-corrected chi connectivity index (χ2v) is 4.97. The molecule has 1 heterocycles. The first-order valence-corrected chi connectivity index (χ1v) is 7.14. The molecule has 0 aliphatic rings. The van der Waals surface area contributed by atoms with Crippen LogP contribution in [0.2, 0.25) is 0 Å². The molecule has 112 valence electrons. The highest BCUT2D eigenvalue weighted by Gasteiger charge is 2.18. The lowest BCUT2D eigenvalue weighted by Crippen LogP contribution is -2.02. The average Bonchev–Trinajstić information content (AvgIpc) is 2.96. The van der Waals surface area contributed by atoms with Crippen molar-refractivity contribution >= 4 is 16.8 Å². The molecule has 0 saturated carbocycles. The number of fused-ring (bicyclic) bond motifs is 1. The highest BCUT2D eigenvalue weighted by atomic mass is 19.1. The maximum Gasteiger partial charge on any atom is 0.231 e. The minimum Gasteiger partial charge on any atom is -0.493 e. The second-order valence-electron chi connectivity index (χ2n) is 4.97. The van der Waals surface area contributed by atoms with Crippen LogP contribution in [0.1, 0.15) is 29.5 Å². The van der Waals surface area contributed by atoms with Crippen LogP contribution in [-0.4, -0.2) is 12.4 Å². The Morgan fingerprint density at radius 3 is 2.77 bits per heavy atom. The molecule has 1 aromatic heterocycles. The van der Waals surface area contributed by atoms with E-state index < -0.39 is 11.6 Å². The minimum absolute atomic E-state index is 0.00372. The van der Waals surface area contributed by atoms with Gasteiger partial charge in [-0.2, -0.15) is 0 Å². The summed E-state index contributed by atoms with van der Waals surface area (Å²) in [5, 5.41) is 0.781. The molecule has 4 heteroatoms. The maximum atomic E-state index is 13.7. The fraction of sp³-hybridized carbons (Fsp3) is 0.167. The first-order chi connectivity index (χ1) is 10.7. The van der Waals surface area contributed by atoms with Crippen molar-refractivity contribution in [1.29, 1.82) is 0 Å². The summed E-state index contributed by atoms with van der Waals surface area (Å²) < 4.78 is 24.8. The number of ether oxygens (including phenoxy) is 1. The van der Waals surface area contributed by atoms with Gasteiger partial charge in [0.25, 0.3) is 0 Å². The third kappa shape index (κ3) is 2.72. The van der Waals surface area contributed by atoms with Crippen molar-refractivity contribution in [2.45, 2.75) is 13.3 Å². The van der Waals surface area contributed by atoms with E-state index in [-0.39, 0.29) is 11.3 Å². The Balaban J connectivity index is 1.95. The summed E-state index contributed by atoms with van der Waals surface area (Å²) in [6, 6.07) is 12.9. The van der Waals surface area contributed by atoms with E-state index >= 15 is 0 Å². The topological polar surface area (TPSA) is 39.4 Å². The zero-order valence-corrected chi connectivity index (χ0v) is 12.1. The summed E-state index contributed by atoms with van der Waals surface area (Å²) in [7, 11) is 0. The van der Waals surface area contributed by atoms with E-state index in [4.69, 9.17) is 9.15 Å². The largest absolute Gasteiger partial charge is 0.493 e. The lowest BCUT2D eigenvalue weighted by atomic mass is 10.1. The van der Waals surface area contributed by atoms with Gasteiger partial charge in [0.15, 0.2) is 5.76 Å². The van der Waals surface area contributed by atoms with Crippen molar-refractivity contribution in [1.82, 2.24) is 0 Å². The van der Waals surface area contributed by atoms with Gasteiger partial charge in [0.05, 0.1) is 12.2 Å². The van der Waals surface area contributed by atoms with Crippen LogP contribution < -0.4 is 4.74 Å². The first-order valence-electron chi connectivity index (χ1n) is 7.14. The molecule has 0 unspecified atom stereocenters. The number of hydrogen-bond donors (Lipinski definition) is 0. The molecule has 0 saturated heterocycles. The third-order valence-corrected chi connectivity index (χ3v) is 3.31. The monoisotopic (exact) mass is 298 g/mol. The van der Waals surface area contributed by atoms with E-state index in [0.29, 0.717) is 17.9 Å². The number of carbonyl (C=O) groups excluding carboxylic acids is 1. The van der Waals surface area contributed by atoms with E-state index in [1.165, 1.54) is 12.1 Å². The first kappa shape index (κ1) is 14.3. The van der Waals surface area contributed by atoms with Gasteiger partial charge in [-0.05, 0) is 36.8 Å². The molecule has 0 atom stereocenters. The Kier molecular flexibility index (Phi) is 3.92. The molecule has 0 aliphatic heterocycles. The lowest BCUT2D eigenvalue weighted by molar-refractivity contribution is 0.101. The quantitative estimate of drug-likeness (QED) is 0.647. The van der Waals surface area contributed by atoms with Crippen LogP contribution in [0.25, 0.3) is 11.0 Å². The standard InChI is InChI=1S/C18H15FO3/c1-2-9-21-13-8-7-12-10-17(22-16(12)11-13)18(20)14-5-3-4-6-15(14)19/h3-8,10-11H,2,9H2,1H3. The van der Waals surface area contributed by atoms with Crippen molar-refractivity contribution in [3.63, 3.8) is 0 Å². The maximum absolute atomic E-state index is 13.7. The SMILES string of the molecule is CCCOc1ccc2cc(C(=O)c3ccccc3F)oc2c1. The van der Waals surface area contributed by atoms with Crippen molar-refractivity contribution in [2.24, 2.45) is 0 Å². The summed E-state index contributed by atoms with van der Waals surface area (Å²) in [4.78, 5) is 12.3. The Morgan fingerprint density at radius 1 is 1.18 bits per heavy atom. The predicted octanol–water partition coefficient (Wildman–Crippen LogP) is 4.59. The number of benzene rings is 2. The lowest BCUT2D eigenvalue weighted by Gasteiger charge is -2.02. The Hall–Kier alpha value is -2.62. The molecule has 0 aliphatic carbocycles. The van der Waals surface area contributed by atoms with Gasteiger partial charge >= 0.3 is 0 Å². The van der Waals surface area contributed by atoms with Gasteiger partial charge in [0.1, 0.15) is 17.1 Å². The van der Waals surface area contributed by atoms with Crippen molar-refractivity contribution in [2.75, 3.05) is 6.61 Å². The van der Waals surface area contributed by atoms with Gasteiger partial charge in [0, 0.05) is 11.5 Å². The van der Waals surface area contributed by atoms with E-state index in [9.17, 15) is 9.18 Å². The van der Waals surface area contributed by atoms with Gasteiger partial charge in [-0.15, -0.1) is 0 Å². The minimum atomic E-state index is -0.556. The Morgan fingerprint density at radius 2 is 2.00 bits per heavy atom. The molecular weight excluding hydrogens is 283 g/mol. The number of ketones is 1. The number of furan rings is 1. The normalized spacial score (nSPS) is 10.8. The summed E-state index contributed by atoms with van der Waals surface area (Å²) >= 11 is 0. The molecular formula is C18H15FO3. The third-order valence-electron chi connectivity index (χ3n) is 3.31. The van der Waals surface area contributed by atoms with Gasteiger partial charge in [-0.25, -0.2) is 4.39 Å². The smallest absolute Gasteiger partial charge is 0.231 e. The van der Waals surface area contributed by atoms with Crippen LogP contribution in [0.5, 0.6) is 5.75 Å². The Labute approximate surface area is 127 Å². The average molecular weight is 298 g/mol. The van der Waals surface area contributed by atoms with E-state index in [0.717, 1.165) is 11.8 Å². The molecule has 0 radical (unpaired) electrons. The van der Waals surface area contributed by atoms with Gasteiger partial charge < -0.3 is 9.15 Å². The molecule has 0 spiro atoms. The molecule has 22 heavy (non-hydrogen) atoms. The number of rotatable bonds is 5. The summed E-state index contributed by atoms with van der Waals surface area (Å²) in [6.07, 6.45) is 0.910. The summed E-state index contributed by atoms with van der Waals surface area (Å²) in [6.45, 7) is 2.64. The van der Waals surface area contributed by atoms with Crippen LogP contribution in [0.15, 0.2) is 52.9 Å². The fourth-order valence-corrected chi connectivity index (χ4v) is 2.21. The van der Waals surface area contributed by atoms with Crippen molar-refractivity contribution < 1.29 is 18.3 Å². The van der Waals surface area contributed by atoms with Crippen LogP contribution in [0.3, 0.4) is 0 Å². The molecule has 0 fully saturated rings. The van der Waals surface area contributed by atoms with Gasteiger partial charge in [-0.1, -0.05) is 19.1 Å². The number of hydrogen-bond acceptors (Lipinski definition) is 3. The molecule has 0 bridgehead atoms. The van der Waals surface area contributed by atoms with Gasteiger partial charge in [-0.3, -0.25) is 4.79 Å². The molecule has 0 N–H and O–H groups in total. The number of halogens is 1. The zero-order chi connectivity index (χ0) is 15.5. The molecule has 2 aromatic carbocycles. The van der Waals surface area contributed by atoms with Crippen LogP contribution in [0.4, 0.5) is 4.39 Å². The Bertz CT molecular complexity index is 820. The molecule has 3 rings (SSSR count). The highest BCUT2D eigenvalue weighted by molar-refractivity contribution is 6.09. The molecule has 0 amide bonds. The summed E-state index contributed by atoms with van der Waals surface area (Å²) in [5.74, 6) is -0.216. The second kappa shape index (κ2) is 6.02. The van der Waals surface area contributed by atoms with Crippen LogP contribution >= 0.6 is 0 Å². The highest BCUT2D eigenvalue weighted by Crippen LogP contribution is 2.26. The van der Waals surface area contributed by atoms with E-state index in [2.05, 4.69) is 0 Å². The van der Waals surface area contributed by atoms with Crippen LogP contribution in [-0.2, 0) is 0 Å². The predicted molar refractivity (Wildman–Crippen MR) is 81.8 cm³/mol. The van der Waals surface area contributed by atoms with E-state index in [1.807, 2.05) is 19.1 Å². The van der Waals surface area contributed by atoms with Gasteiger partial charge in [0.2, 0.25) is 5.78 Å². The number of carbonyl (C=O) groups is 1. The van der Waals surface area contributed by atoms with Crippen molar-refractivity contribution in [3.05, 3.63) is 65.7 Å². The van der Waals surface area contributed by atoms with Crippen LogP contribution in [0, 0.1) is 5.82 Å². The summed E-state index contributed by atoms with van der Waals surface area (Å²) in [5.41, 5.74) is 0.553. The zero-order valence-electron chi connectivity index (χ0n) is 12.1.